The summed E-state index contributed by atoms with van der Waals surface area (Å²) >= 11 is 0. The molecule has 9 nitrogen and oxygen atoms in total. The zero-order valence-electron chi connectivity index (χ0n) is 28.8. The molecule has 1 rings (SSSR count). The zero-order chi connectivity index (χ0) is 33.2. The van der Waals surface area contributed by atoms with Crippen LogP contribution in [0.5, 0.6) is 0 Å². The number of hydrogen-bond donors (Lipinski definition) is 0. The maximum Gasteiger partial charge on any atom is 0.500 e. The van der Waals surface area contributed by atoms with Crippen molar-refractivity contribution in [2.24, 2.45) is 5.41 Å². The van der Waals surface area contributed by atoms with Gasteiger partial charge in [-0.15, -0.1) is 0 Å². The van der Waals surface area contributed by atoms with Crippen molar-refractivity contribution < 1.29 is 40.1 Å². The van der Waals surface area contributed by atoms with Gasteiger partial charge in [0.1, 0.15) is 0 Å². The van der Waals surface area contributed by atoms with E-state index in [0.717, 1.165) is 18.4 Å². The predicted molar refractivity (Wildman–Crippen MR) is 175 cm³/mol. The van der Waals surface area contributed by atoms with E-state index in [-0.39, 0.29) is 17.5 Å². The lowest BCUT2D eigenvalue weighted by Gasteiger charge is -2.24. The van der Waals surface area contributed by atoms with E-state index in [9.17, 15) is 13.2 Å². The minimum atomic E-state index is -3.71. The minimum Gasteiger partial charge on any atom is -0.465 e. The molecule has 248 valence electrons. The molecular weight excluding hydrogens is 593 g/mol. The number of rotatable bonds is 16. The van der Waals surface area contributed by atoms with Gasteiger partial charge in [-0.3, -0.25) is 8.98 Å². The number of carbonyl (C=O) groups is 1. The fraction of sp³-hybridized carbons (Fsp3) is 0.767. The lowest BCUT2D eigenvalue weighted by molar-refractivity contribution is -0.154. The molecule has 1 aromatic carbocycles. The summed E-state index contributed by atoms with van der Waals surface area (Å²) in [5.74, 6) is 0.259. The average Bonchev–Trinajstić information content (AvgIpc) is 2.92. The van der Waals surface area contributed by atoms with Gasteiger partial charge in [0.15, 0.2) is 0 Å². The molecule has 2 atom stereocenters. The van der Waals surface area contributed by atoms with Crippen molar-refractivity contribution in [2.75, 3.05) is 41.7 Å². The smallest absolute Gasteiger partial charge is 0.465 e. The fourth-order valence-electron chi connectivity index (χ4n) is 3.08. The summed E-state index contributed by atoms with van der Waals surface area (Å²) in [7, 11) is -0.625. The van der Waals surface area contributed by atoms with E-state index in [1.165, 1.54) is 7.11 Å². The highest BCUT2D eigenvalue weighted by Gasteiger charge is 2.37. The standard InChI is InChI=1S/C14H22O4S.C12H26O5Si.C4H12Si/c1-5-11(2)13-6-8-14(9-7-13)19(15,16)18-12(3)10-17-4;1-7-12(2,3)11(13)17-9-8-10-18(14-4,15-5)16-6;1-5(2,3)4/h6-9,11-12H,5,10H2,1-4H3;7-10H2,1-6H3;1-4H3. The van der Waals surface area contributed by atoms with Gasteiger partial charge >= 0.3 is 14.8 Å². The predicted octanol–water partition coefficient (Wildman–Crippen LogP) is 7.13. The molecule has 0 aromatic heterocycles. The SMILES string of the molecule is CCC(C)(C)C(=O)OCCC[Si](OC)(OC)OC.CCC(C)c1ccc(S(=O)(=O)OC(C)COC)cc1.C[Si](C)(C)C. The molecule has 0 amide bonds. The minimum absolute atomic E-state index is 0.162. The number of ether oxygens (including phenoxy) is 2. The molecule has 0 aliphatic rings. The van der Waals surface area contributed by atoms with Gasteiger partial charge in [0.2, 0.25) is 0 Å². The summed E-state index contributed by atoms with van der Waals surface area (Å²) in [5.41, 5.74) is 0.713. The maximum atomic E-state index is 12.0. The number of methoxy groups -OCH3 is 1. The Hall–Kier alpha value is -1.13. The van der Waals surface area contributed by atoms with Crippen molar-refractivity contribution in [1.82, 2.24) is 0 Å². The van der Waals surface area contributed by atoms with Crippen LogP contribution >= 0.6 is 0 Å². The third kappa shape index (κ3) is 18.5. The Bertz CT molecular complexity index is 944. The number of esters is 1. The van der Waals surface area contributed by atoms with Crippen LogP contribution < -0.4 is 0 Å². The van der Waals surface area contributed by atoms with E-state index in [0.29, 0.717) is 25.0 Å². The van der Waals surface area contributed by atoms with Crippen LogP contribution in [0.4, 0.5) is 0 Å². The number of benzene rings is 1. The summed E-state index contributed by atoms with van der Waals surface area (Å²) in [4.78, 5) is 11.9. The Balaban J connectivity index is 0. The summed E-state index contributed by atoms with van der Waals surface area (Å²) < 4.78 is 55.0. The van der Waals surface area contributed by atoms with Crippen LogP contribution in [0, 0.1) is 5.41 Å². The van der Waals surface area contributed by atoms with E-state index in [1.807, 2.05) is 32.9 Å². The lowest BCUT2D eigenvalue weighted by Crippen LogP contribution is -2.42. The second kappa shape index (κ2) is 20.8. The van der Waals surface area contributed by atoms with Gasteiger partial charge in [-0.2, -0.15) is 8.42 Å². The van der Waals surface area contributed by atoms with Crippen LogP contribution in [0.2, 0.25) is 32.2 Å². The van der Waals surface area contributed by atoms with E-state index >= 15 is 0 Å². The molecule has 0 heterocycles. The first-order valence-electron chi connectivity index (χ1n) is 14.6. The molecule has 0 saturated heterocycles. The van der Waals surface area contributed by atoms with E-state index in [4.69, 9.17) is 26.9 Å². The molecule has 0 saturated carbocycles. The first kappa shape index (κ1) is 43.0. The number of carbonyl (C=O) groups excluding carboxylic acids is 1. The molecule has 2 unspecified atom stereocenters. The summed E-state index contributed by atoms with van der Waals surface area (Å²) in [5, 5.41) is 0. The Morgan fingerprint density at radius 2 is 1.38 bits per heavy atom. The van der Waals surface area contributed by atoms with Crippen molar-refractivity contribution in [1.29, 1.82) is 0 Å². The van der Waals surface area contributed by atoms with Crippen molar-refractivity contribution in [3.05, 3.63) is 29.8 Å². The van der Waals surface area contributed by atoms with Gasteiger partial charge in [-0.05, 0) is 63.6 Å². The Morgan fingerprint density at radius 1 is 0.905 bits per heavy atom. The highest BCUT2D eigenvalue weighted by atomic mass is 32.2. The molecular formula is C30H60O9SSi2. The van der Waals surface area contributed by atoms with Gasteiger partial charge in [0.25, 0.3) is 10.1 Å². The lowest BCUT2D eigenvalue weighted by atomic mass is 9.91. The van der Waals surface area contributed by atoms with Crippen molar-refractivity contribution in [3.63, 3.8) is 0 Å². The first-order valence-corrected chi connectivity index (χ1v) is 22.0. The monoisotopic (exact) mass is 652 g/mol. The molecule has 0 aliphatic carbocycles. The highest BCUT2D eigenvalue weighted by molar-refractivity contribution is 7.86. The topological polar surface area (TPSA) is 107 Å². The highest BCUT2D eigenvalue weighted by Crippen LogP contribution is 2.23. The van der Waals surface area contributed by atoms with E-state index < -0.39 is 38.5 Å². The third-order valence-corrected chi connectivity index (χ3v) is 10.5. The Kier molecular flexibility index (Phi) is 21.3. The largest absolute Gasteiger partial charge is 0.500 e. The number of hydrogen-bond acceptors (Lipinski definition) is 9. The second-order valence-electron chi connectivity index (χ2n) is 12.5. The van der Waals surface area contributed by atoms with Crippen molar-refractivity contribution >= 4 is 33.0 Å². The van der Waals surface area contributed by atoms with Crippen molar-refractivity contribution in [3.8, 4) is 0 Å². The van der Waals surface area contributed by atoms with Gasteiger partial charge in [-0.1, -0.05) is 59.1 Å². The van der Waals surface area contributed by atoms with Crippen LogP contribution in [0.25, 0.3) is 0 Å². The molecule has 0 fully saturated rings. The molecule has 0 bridgehead atoms. The van der Waals surface area contributed by atoms with Crippen molar-refractivity contribution in [2.45, 2.75) is 110 Å². The zero-order valence-corrected chi connectivity index (χ0v) is 31.6. The Morgan fingerprint density at radius 3 is 1.76 bits per heavy atom. The van der Waals surface area contributed by atoms with Gasteiger partial charge < -0.3 is 22.8 Å². The quantitative estimate of drug-likeness (QED) is 0.0798. The summed E-state index contributed by atoms with van der Waals surface area (Å²) in [6, 6.07) is 7.50. The molecule has 0 N–H and O–H groups in total. The van der Waals surface area contributed by atoms with E-state index in [1.54, 1.807) is 40.4 Å². The van der Waals surface area contributed by atoms with E-state index in [2.05, 4.69) is 40.0 Å². The van der Waals surface area contributed by atoms with Crippen LogP contribution in [-0.2, 0) is 41.8 Å². The van der Waals surface area contributed by atoms with Crippen LogP contribution in [-0.4, -0.2) is 79.0 Å². The molecule has 1 aromatic rings. The molecule has 0 radical (unpaired) electrons. The van der Waals surface area contributed by atoms with Crippen LogP contribution in [0.3, 0.4) is 0 Å². The first-order chi connectivity index (χ1) is 19.3. The normalized spacial score (nSPS) is 13.7. The average molecular weight is 653 g/mol. The van der Waals surface area contributed by atoms with Gasteiger partial charge in [0.05, 0.1) is 29.6 Å². The maximum absolute atomic E-state index is 12.0. The van der Waals surface area contributed by atoms with Gasteiger partial charge in [0, 0.05) is 42.6 Å². The summed E-state index contributed by atoms with van der Waals surface area (Å²) in [6.45, 7) is 21.5. The Labute approximate surface area is 259 Å². The van der Waals surface area contributed by atoms with Crippen LogP contribution in [0.15, 0.2) is 29.2 Å². The molecule has 0 aliphatic heterocycles. The second-order valence-corrected chi connectivity index (χ2v) is 23.1. The molecule has 12 heteroatoms. The summed E-state index contributed by atoms with van der Waals surface area (Å²) in [6.07, 6.45) is 1.96. The third-order valence-electron chi connectivity index (χ3n) is 6.27. The van der Waals surface area contributed by atoms with Crippen LogP contribution in [0.1, 0.15) is 72.3 Å². The fourth-order valence-corrected chi connectivity index (χ4v) is 5.84. The van der Waals surface area contributed by atoms with Gasteiger partial charge in [-0.25, -0.2) is 0 Å². The molecule has 0 spiro atoms. The molecule has 42 heavy (non-hydrogen) atoms.